The Balaban J connectivity index is 2.72. The van der Waals surface area contributed by atoms with Gasteiger partial charge in [0, 0.05) is 42.6 Å². The second-order valence-corrected chi connectivity index (χ2v) is 7.61. The van der Waals surface area contributed by atoms with E-state index in [9.17, 15) is 0 Å². The Morgan fingerprint density at radius 1 is 1.38 bits per heavy atom. The second kappa shape index (κ2) is 7.99. The van der Waals surface area contributed by atoms with Crippen molar-refractivity contribution in [1.29, 1.82) is 0 Å². The van der Waals surface area contributed by atoms with Crippen molar-refractivity contribution < 1.29 is 0 Å². The molecule has 0 spiro atoms. The first-order valence-electron chi connectivity index (χ1n) is 7.54. The largest absolute Gasteiger partial charge is 0.341 e. The van der Waals surface area contributed by atoms with E-state index in [1.807, 2.05) is 18.0 Å². The third-order valence-corrected chi connectivity index (χ3v) is 4.24. The topological polar surface area (TPSA) is 41.1 Å². The molecular formula is C16H30N4S. The van der Waals surface area contributed by atoms with Crippen molar-refractivity contribution >= 4 is 17.7 Å². The Bertz CT molecular complexity index is 442. The average Bonchev–Trinajstić information content (AvgIpc) is 2.41. The summed E-state index contributed by atoms with van der Waals surface area (Å²) in [6, 6.07) is 0.454. The summed E-state index contributed by atoms with van der Waals surface area (Å²) in [4.78, 5) is 11.4. The van der Waals surface area contributed by atoms with Crippen LogP contribution in [-0.4, -0.2) is 40.6 Å². The molecule has 0 aliphatic rings. The molecule has 1 rings (SSSR count). The number of rotatable bonds is 7. The molecule has 1 aromatic heterocycles. The fourth-order valence-electron chi connectivity index (χ4n) is 1.86. The zero-order valence-corrected chi connectivity index (χ0v) is 15.3. The summed E-state index contributed by atoms with van der Waals surface area (Å²) >= 11 is 1.88. The molecule has 120 valence electrons. The minimum atomic E-state index is 0.105. The Kier molecular flexibility index (Phi) is 6.94. The molecule has 0 saturated heterocycles. The fraction of sp³-hybridized carbons (Fsp3) is 0.750. The van der Waals surface area contributed by atoms with E-state index in [1.165, 1.54) is 5.56 Å². The van der Waals surface area contributed by atoms with Gasteiger partial charge in [-0.3, -0.25) is 0 Å². The van der Waals surface area contributed by atoms with Gasteiger partial charge in [0.05, 0.1) is 0 Å². The number of aryl methyl sites for hydroxylation is 1. The molecule has 1 heterocycles. The summed E-state index contributed by atoms with van der Waals surface area (Å²) < 4.78 is 0. The highest BCUT2D eigenvalue weighted by atomic mass is 32.2. The molecule has 1 N–H and O–H groups in total. The third-order valence-electron chi connectivity index (χ3n) is 3.59. The number of thioether (sulfide) groups is 1. The molecular weight excluding hydrogens is 280 g/mol. The Morgan fingerprint density at radius 2 is 2.05 bits per heavy atom. The molecule has 4 nitrogen and oxygen atoms in total. The van der Waals surface area contributed by atoms with E-state index < -0.39 is 0 Å². The molecule has 0 saturated carbocycles. The molecule has 0 amide bonds. The molecule has 21 heavy (non-hydrogen) atoms. The number of nitrogens with one attached hydrogen (secondary N) is 1. The van der Waals surface area contributed by atoms with Crippen LogP contribution in [0.1, 0.15) is 45.4 Å². The monoisotopic (exact) mass is 310 g/mol. The van der Waals surface area contributed by atoms with Gasteiger partial charge in [-0.1, -0.05) is 0 Å². The van der Waals surface area contributed by atoms with Crippen LogP contribution in [-0.2, 0) is 6.54 Å². The second-order valence-electron chi connectivity index (χ2n) is 6.63. The van der Waals surface area contributed by atoms with Gasteiger partial charge in [0.15, 0.2) is 0 Å². The molecule has 0 fully saturated rings. The summed E-state index contributed by atoms with van der Waals surface area (Å²) in [5.41, 5.74) is 2.33. The maximum atomic E-state index is 4.67. The molecule has 0 aromatic carbocycles. The fourth-order valence-corrected chi connectivity index (χ4v) is 2.44. The van der Waals surface area contributed by atoms with E-state index in [0.29, 0.717) is 6.04 Å². The lowest BCUT2D eigenvalue weighted by atomic mass is 10.1. The van der Waals surface area contributed by atoms with Crippen molar-refractivity contribution in [3.63, 3.8) is 0 Å². The van der Waals surface area contributed by atoms with Crippen LogP contribution in [0.3, 0.4) is 0 Å². The number of aromatic nitrogens is 2. The van der Waals surface area contributed by atoms with Crippen molar-refractivity contribution in [1.82, 2.24) is 15.3 Å². The van der Waals surface area contributed by atoms with Gasteiger partial charge in [-0.25, -0.2) is 9.97 Å². The zero-order chi connectivity index (χ0) is 16.0. The first-order valence-corrected chi connectivity index (χ1v) is 8.93. The Hall–Kier alpha value is -0.810. The molecule has 1 atom stereocenters. The number of nitrogens with zero attached hydrogens (tertiary/aromatic N) is 3. The third kappa shape index (κ3) is 6.22. The number of hydrogen-bond acceptors (Lipinski definition) is 5. The van der Waals surface area contributed by atoms with E-state index in [-0.39, 0.29) is 5.54 Å². The molecule has 5 heteroatoms. The minimum absolute atomic E-state index is 0.105. The molecule has 0 bridgehead atoms. The maximum Gasteiger partial charge on any atom is 0.225 e. The minimum Gasteiger partial charge on any atom is -0.341 e. The van der Waals surface area contributed by atoms with Crippen LogP contribution >= 0.6 is 11.8 Å². The quantitative estimate of drug-likeness (QED) is 0.837. The van der Waals surface area contributed by atoms with Crippen LogP contribution in [0.25, 0.3) is 0 Å². The Labute approximate surface area is 134 Å². The van der Waals surface area contributed by atoms with Crippen LogP contribution < -0.4 is 10.2 Å². The van der Waals surface area contributed by atoms with Crippen molar-refractivity contribution in [3.8, 4) is 0 Å². The zero-order valence-electron chi connectivity index (χ0n) is 14.5. The van der Waals surface area contributed by atoms with Crippen LogP contribution in [0.4, 0.5) is 5.95 Å². The SMILES string of the molecule is CSCCC(C)N(C)c1ncc(CNC(C)(C)C)c(C)n1. The standard InChI is InChI=1S/C16H30N4S/c1-12(8-9-21-7)20(6)15-17-10-14(13(2)19-15)11-18-16(3,4)5/h10,12,18H,8-9,11H2,1-7H3. The van der Waals surface area contributed by atoms with Gasteiger partial charge in [-0.15, -0.1) is 0 Å². The van der Waals surface area contributed by atoms with E-state index >= 15 is 0 Å². The summed E-state index contributed by atoms with van der Waals surface area (Å²) in [5, 5.41) is 3.48. The molecule has 0 aliphatic carbocycles. The smallest absolute Gasteiger partial charge is 0.225 e. The normalized spacial score (nSPS) is 13.3. The summed E-state index contributed by atoms with van der Waals surface area (Å²) in [6.45, 7) is 11.6. The van der Waals surface area contributed by atoms with Gasteiger partial charge in [-0.05, 0) is 53.0 Å². The highest BCUT2D eigenvalue weighted by molar-refractivity contribution is 7.98. The predicted octanol–water partition coefficient (Wildman–Crippen LogP) is 3.25. The van der Waals surface area contributed by atoms with Crippen molar-refractivity contribution in [2.45, 2.75) is 59.2 Å². The van der Waals surface area contributed by atoms with Crippen molar-refractivity contribution in [2.75, 3.05) is 24.0 Å². The lowest BCUT2D eigenvalue weighted by Crippen LogP contribution is -2.35. The van der Waals surface area contributed by atoms with Crippen LogP contribution in [0.2, 0.25) is 0 Å². The van der Waals surface area contributed by atoms with Gasteiger partial charge in [0.1, 0.15) is 0 Å². The van der Waals surface area contributed by atoms with Gasteiger partial charge in [0.25, 0.3) is 0 Å². The van der Waals surface area contributed by atoms with Crippen LogP contribution in [0, 0.1) is 6.92 Å². The lowest BCUT2D eigenvalue weighted by molar-refractivity contribution is 0.423. The van der Waals surface area contributed by atoms with E-state index in [1.54, 1.807) is 0 Å². The van der Waals surface area contributed by atoms with Crippen molar-refractivity contribution in [2.24, 2.45) is 0 Å². The van der Waals surface area contributed by atoms with E-state index in [4.69, 9.17) is 0 Å². The Morgan fingerprint density at radius 3 is 2.57 bits per heavy atom. The summed E-state index contributed by atoms with van der Waals surface area (Å²) in [6.07, 6.45) is 5.24. The van der Waals surface area contributed by atoms with Crippen LogP contribution in [0.15, 0.2) is 6.20 Å². The van der Waals surface area contributed by atoms with Gasteiger partial charge in [-0.2, -0.15) is 11.8 Å². The number of anilines is 1. The van der Waals surface area contributed by atoms with Gasteiger partial charge < -0.3 is 10.2 Å². The van der Waals surface area contributed by atoms with Gasteiger partial charge in [0.2, 0.25) is 5.95 Å². The van der Waals surface area contributed by atoms with E-state index in [0.717, 1.165) is 30.4 Å². The molecule has 0 aliphatic heterocycles. The number of hydrogen-bond donors (Lipinski definition) is 1. The predicted molar refractivity (Wildman–Crippen MR) is 94.2 cm³/mol. The van der Waals surface area contributed by atoms with Crippen LogP contribution in [0.5, 0.6) is 0 Å². The first-order chi connectivity index (χ1) is 9.74. The summed E-state index contributed by atoms with van der Waals surface area (Å²) in [5.74, 6) is 1.98. The highest BCUT2D eigenvalue weighted by Crippen LogP contribution is 2.15. The highest BCUT2D eigenvalue weighted by Gasteiger charge is 2.14. The van der Waals surface area contributed by atoms with Gasteiger partial charge >= 0.3 is 0 Å². The summed E-state index contributed by atoms with van der Waals surface area (Å²) in [7, 11) is 2.08. The lowest BCUT2D eigenvalue weighted by Gasteiger charge is -2.25. The first kappa shape index (κ1) is 18.2. The average molecular weight is 311 g/mol. The van der Waals surface area contributed by atoms with E-state index in [2.05, 4.69) is 68.1 Å². The van der Waals surface area contributed by atoms with Crippen molar-refractivity contribution in [3.05, 3.63) is 17.5 Å². The molecule has 1 unspecified atom stereocenters. The maximum absolute atomic E-state index is 4.67. The molecule has 0 radical (unpaired) electrons. The molecule has 1 aromatic rings.